The Bertz CT molecular complexity index is 429. The fourth-order valence-corrected chi connectivity index (χ4v) is 0.635. The summed E-state index contributed by atoms with van der Waals surface area (Å²) in [4.78, 5) is 58.8. The van der Waals surface area contributed by atoms with Gasteiger partial charge >= 0.3 is 11.9 Å². The van der Waals surface area contributed by atoms with Gasteiger partial charge in [0.2, 0.25) is 23.6 Å². The average molecular weight is 348 g/mol. The second-order valence-electron chi connectivity index (χ2n) is 3.88. The van der Waals surface area contributed by atoms with E-state index in [1.54, 1.807) is 0 Å². The van der Waals surface area contributed by atoms with Crippen LogP contribution in [0, 0.1) is 0 Å². The molecule has 0 aromatic heterocycles. The molecule has 0 aromatic rings. The lowest BCUT2D eigenvalue weighted by molar-refractivity contribution is -0.134. The Hall–Kier alpha value is -3.44. The standard InChI is InChI=1S/2C4H8N2O2.C4H4O4/c2*5-3(7)1-2-4(6)8;5-3(6)1-2-4(7)8/h2*1-2H2,(H2,5,7)(H2,6,8);1-2H,(H,5,6)(H,7,8)/b;;2-1-. The molecule has 0 aliphatic heterocycles. The number of nitrogens with two attached hydrogens (primary N) is 4. The molecule has 24 heavy (non-hydrogen) atoms. The molecule has 12 heteroatoms. The van der Waals surface area contributed by atoms with Crippen LogP contribution in [0.3, 0.4) is 0 Å². The van der Waals surface area contributed by atoms with Crippen molar-refractivity contribution in [2.45, 2.75) is 25.7 Å². The number of carboxylic acids is 2. The second kappa shape index (κ2) is 15.9. The van der Waals surface area contributed by atoms with Crippen LogP contribution in [0.2, 0.25) is 0 Å². The van der Waals surface area contributed by atoms with Gasteiger partial charge in [0.1, 0.15) is 0 Å². The maximum atomic E-state index is 9.92. The second-order valence-corrected chi connectivity index (χ2v) is 3.88. The predicted octanol–water partition coefficient (Wildman–Crippen LogP) is -2.81. The normalized spacial score (nSPS) is 8.83. The number of rotatable bonds is 8. The third-order valence-corrected chi connectivity index (χ3v) is 1.60. The highest BCUT2D eigenvalue weighted by molar-refractivity contribution is 5.89. The largest absolute Gasteiger partial charge is 0.478 e. The summed E-state index contributed by atoms with van der Waals surface area (Å²) >= 11 is 0. The van der Waals surface area contributed by atoms with E-state index in [9.17, 15) is 28.8 Å². The van der Waals surface area contributed by atoms with E-state index in [0.29, 0.717) is 12.2 Å². The Kier molecular flexibility index (Phi) is 16.9. The molecule has 0 spiro atoms. The third kappa shape index (κ3) is 42.8. The number of carboxylic acid groups (broad SMARTS) is 2. The van der Waals surface area contributed by atoms with Gasteiger partial charge in [0.25, 0.3) is 0 Å². The lowest BCUT2D eigenvalue weighted by Crippen LogP contribution is -2.16. The molecule has 0 aliphatic rings. The molecular formula is C12H20N4O8. The van der Waals surface area contributed by atoms with Crippen molar-refractivity contribution in [3.05, 3.63) is 12.2 Å². The van der Waals surface area contributed by atoms with Gasteiger partial charge in [-0.3, -0.25) is 19.2 Å². The molecule has 0 aliphatic carbocycles. The molecule has 12 nitrogen and oxygen atoms in total. The maximum Gasteiger partial charge on any atom is 0.328 e. The van der Waals surface area contributed by atoms with E-state index in [1.807, 2.05) is 0 Å². The summed E-state index contributed by atoms with van der Waals surface area (Å²) in [6.45, 7) is 0. The van der Waals surface area contributed by atoms with Gasteiger partial charge in [0.05, 0.1) is 0 Å². The Morgan fingerprint density at radius 3 is 0.792 bits per heavy atom. The van der Waals surface area contributed by atoms with Gasteiger partial charge < -0.3 is 33.1 Å². The van der Waals surface area contributed by atoms with Crippen molar-refractivity contribution in [2.24, 2.45) is 22.9 Å². The van der Waals surface area contributed by atoms with Crippen LogP contribution in [0.25, 0.3) is 0 Å². The van der Waals surface area contributed by atoms with Crippen molar-refractivity contribution < 1.29 is 39.0 Å². The quantitative estimate of drug-likeness (QED) is 0.249. The Labute approximate surface area is 136 Å². The number of carbonyl (C=O) groups excluding carboxylic acids is 4. The average Bonchev–Trinajstić information content (AvgIpc) is 2.42. The number of carbonyl (C=O) groups is 6. The molecule has 0 radical (unpaired) electrons. The summed E-state index contributed by atoms with van der Waals surface area (Å²) in [6, 6.07) is 0. The zero-order chi connectivity index (χ0) is 19.7. The molecule has 0 aromatic carbocycles. The lowest BCUT2D eigenvalue weighted by atomic mass is 10.3. The summed E-state index contributed by atoms with van der Waals surface area (Å²) in [5, 5.41) is 15.6. The molecule has 0 unspecified atom stereocenters. The highest BCUT2D eigenvalue weighted by Crippen LogP contribution is 1.83. The van der Waals surface area contributed by atoms with E-state index < -0.39 is 35.6 Å². The molecule has 0 bridgehead atoms. The van der Waals surface area contributed by atoms with Gasteiger partial charge in [-0.1, -0.05) is 0 Å². The molecule has 4 amide bonds. The van der Waals surface area contributed by atoms with E-state index in [-0.39, 0.29) is 25.7 Å². The summed E-state index contributed by atoms with van der Waals surface area (Å²) in [7, 11) is 0. The van der Waals surface area contributed by atoms with E-state index in [1.165, 1.54) is 0 Å². The zero-order valence-corrected chi connectivity index (χ0v) is 12.6. The van der Waals surface area contributed by atoms with Crippen LogP contribution in [-0.2, 0) is 28.8 Å². The van der Waals surface area contributed by atoms with Crippen LogP contribution in [0.5, 0.6) is 0 Å². The number of hydrogen-bond acceptors (Lipinski definition) is 6. The van der Waals surface area contributed by atoms with Crippen molar-refractivity contribution in [3.8, 4) is 0 Å². The van der Waals surface area contributed by atoms with E-state index >= 15 is 0 Å². The number of primary amides is 4. The van der Waals surface area contributed by atoms with Crippen LogP contribution in [0.1, 0.15) is 25.7 Å². The first-order valence-corrected chi connectivity index (χ1v) is 6.15. The molecule has 0 heterocycles. The fourth-order valence-electron chi connectivity index (χ4n) is 0.635. The smallest absolute Gasteiger partial charge is 0.328 e. The monoisotopic (exact) mass is 348 g/mol. The molecule has 0 rings (SSSR count). The zero-order valence-electron chi connectivity index (χ0n) is 12.6. The summed E-state index contributed by atoms with van der Waals surface area (Å²) in [5.74, 6) is -4.50. The van der Waals surface area contributed by atoms with Crippen molar-refractivity contribution in [3.63, 3.8) is 0 Å². The summed E-state index contributed by atoms with van der Waals surface area (Å²) in [6.07, 6.45) is 1.32. The van der Waals surface area contributed by atoms with Crippen LogP contribution in [0.4, 0.5) is 0 Å². The maximum absolute atomic E-state index is 9.92. The topological polar surface area (TPSA) is 247 Å². The van der Waals surface area contributed by atoms with Gasteiger partial charge in [-0.15, -0.1) is 0 Å². The van der Waals surface area contributed by atoms with Crippen molar-refractivity contribution in [2.75, 3.05) is 0 Å². The first kappa shape index (κ1) is 25.5. The van der Waals surface area contributed by atoms with Gasteiger partial charge in [-0.25, -0.2) is 9.59 Å². The highest BCUT2D eigenvalue weighted by Gasteiger charge is 1.97. The van der Waals surface area contributed by atoms with Crippen LogP contribution < -0.4 is 22.9 Å². The van der Waals surface area contributed by atoms with Gasteiger partial charge in [0.15, 0.2) is 0 Å². The molecular weight excluding hydrogens is 328 g/mol. The number of aliphatic carboxylic acids is 2. The first-order valence-electron chi connectivity index (χ1n) is 6.15. The van der Waals surface area contributed by atoms with Gasteiger partial charge in [0, 0.05) is 37.8 Å². The minimum atomic E-state index is -1.26. The van der Waals surface area contributed by atoms with Crippen LogP contribution in [0.15, 0.2) is 12.2 Å². The van der Waals surface area contributed by atoms with Crippen LogP contribution >= 0.6 is 0 Å². The molecule has 136 valence electrons. The summed E-state index contributed by atoms with van der Waals surface area (Å²) in [5.41, 5.74) is 18.8. The number of hydrogen-bond donors (Lipinski definition) is 6. The first-order chi connectivity index (χ1) is 10.9. The highest BCUT2D eigenvalue weighted by atomic mass is 16.4. The molecule has 0 saturated heterocycles. The van der Waals surface area contributed by atoms with Crippen molar-refractivity contribution in [1.82, 2.24) is 0 Å². The molecule has 0 fully saturated rings. The minimum Gasteiger partial charge on any atom is -0.478 e. The predicted molar refractivity (Wildman–Crippen MR) is 79.7 cm³/mol. The minimum absolute atomic E-state index is 0.0509. The van der Waals surface area contributed by atoms with Crippen molar-refractivity contribution >= 4 is 35.6 Å². The molecule has 0 atom stereocenters. The Morgan fingerprint density at radius 1 is 0.542 bits per heavy atom. The van der Waals surface area contributed by atoms with E-state index in [2.05, 4.69) is 0 Å². The van der Waals surface area contributed by atoms with Crippen molar-refractivity contribution in [1.29, 1.82) is 0 Å². The van der Waals surface area contributed by atoms with Gasteiger partial charge in [-0.2, -0.15) is 0 Å². The Balaban J connectivity index is -0.000000276. The molecule has 0 saturated carbocycles. The van der Waals surface area contributed by atoms with Gasteiger partial charge in [-0.05, 0) is 0 Å². The fraction of sp³-hybridized carbons (Fsp3) is 0.333. The third-order valence-electron chi connectivity index (χ3n) is 1.60. The SMILES string of the molecule is NC(=O)CCC(N)=O.NC(=O)CCC(N)=O.O=C(O)/C=C\C(=O)O. The Morgan fingerprint density at radius 2 is 0.708 bits per heavy atom. The van der Waals surface area contributed by atoms with Crippen LogP contribution in [-0.4, -0.2) is 45.8 Å². The van der Waals surface area contributed by atoms with E-state index in [4.69, 9.17) is 33.1 Å². The summed E-state index contributed by atoms with van der Waals surface area (Å²) < 4.78 is 0. The van der Waals surface area contributed by atoms with E-state index in [0.717, 1.165) is 0 Å². The molecule has 10 N–H and O–H groups in total. The lowest BCUT2D eigenvalue weighted by Gasteiger charge is -1.87. The number of amides is 4.